The van der Waals surface area contributed by atoms with Crippen LogP contribution in [0.4, 0.5) is 52.0 Å². The molecule has 5 aromatic heterocycles. The maximum absolute atomic E-state index is 13.6. The van der Waals surface area contributed by atoms with E-state index < -0.39 is 41.8 Å². The number of hydrogen-bond acceptors (Lipinski definition) is 23. The van der Waals surface area contributed by atoms with Crippen molar-refractivity contribution < 1.29 is 68.0 Å². The van der Waals surface area contributed by atoms with Crippen molar-refractivity contribution in [3.8, 4) is 11.5 Å². The number of halogens is 4. The molecule has 0 saturated carbocycles. The molecule has 600 valence electrons. The van der Waals surface area contributed by atoms with Gasteiger partial charge in [-0.25, -0.2) is 45.2 Å². The number of carbonyl (C=O) groups is 3. The Kier molecular flexibility index (Phi) is 24.8. The predicted molar refractivity (Wildman–Crippen MR) is 437 cm³/mol. The number of para-hydroxylation sites is 2. The molecular weight excluding hydrogens is 1580 g/mol. The molecular formula is C76H87ClF3N17O11S5. The topological polar surface area (TPSA) is 313 Å². The van der Waals surface area contributed by atoms with Gasteiger partial charge in [-0.1, -0.05) is 29.8 Å². The Balaban J connectivity index is 0.000000197. The molecule has 0 spiro atoms. The molecule has 4 aliphatic rings. The standard InChI is InChI=1S/C27H33N5O4S2.C25H25ClN6O3S.C24H21F3N6O4S2.4H2/c1-3-36-24-8-4-6-21-7-5-14-32(25(21)24)20(2)26(33)31-17-15-30(16-18-31)22-9-11-23(12-10-22)38(34,35)29-27-28-13-19-37-27;1-18(32-11-9-19-16-20(26)2-7-23(19)32)25(33)31-14-12-30(13-15-31)21-3-5-22(6-4-21)36(34,35)29-24-8-10-27-17-28-24;25-24(26,27)19-3-1-2-18-20(8-9-28-22(18)19)37-14-21(34)33-12-10-32(11-13-33)16-4-6-17(7-5-16)39(35,36)31-23-29-15-30-38-23;;;;/h4,6,8-13,19-20H,3,5,7,14-18H2,1-2H3,(H,28,29);2-11,16-18H,12-15H2,1H3,(H,27,28,29);1-9,15H,10-14H2,(H,29,30,31);4*1H/t20-;;;;;;/m1....../s1. The van der Waals surface area contributed by atoms with Crippen LogP contribution in [0.2, 0.25) is 5.02 Å². The van der Waals surface area contributed by atoms with Crippen molar-refractivity contribution in [3.63, 3.8) is 0 Å². The normalized spacial score (nSPS) is 15.4. The van der Waals surface area contributed by atoms with Crippen LogP contribution in [0.1, 0.15) is 50.1 Å². The van der Waals surface area contributed by atoms with E-state index in [0.717, 1.165) is 76.4 Å². The lowest BCUT2D eigenvalue weighted by molar-refractivity contribution is -0.136. The first-order chi connectivity index (χ1) is 54.3. The number of benzene rings is 6. The molecule has 15 rings (SSSR count). The van der Waals surface area contributed by atoms with E-state index in [-0.39, 0.29) is 84.4 Å². The van der Waals surface area contributed by atoms with E-state index >= 15 is 0 Å². The number of sulfonamides is 3. The summed E-state index contributed by atoms with van der Waals surface area (Å²) in [6, 6.07) is 39.7. The number of nitrogens with zero attached hydrogens (tertiary/aromatic N) is 14. The number of thiazole rings is 1. The van der Waals surface area contributed by atoms with Crippen LogP contribution >= 0.6 is 34.5 Å². The van der Waals surface area contributed by atoms with E-state index in [4.69, 9.17) is 21.1 Å². The van der Waals surface area contributed by atoms with E-state index in [1.54, 1.807) is 65.0 Å². The van der Waals surface area contributed by atoms with Crippen LogP contribution in [0.25, 0.3) is 21.8 Å². The number of nitrogens with one attached hydrogen (secondary N) is 3. The molecule has 3 amide bonds. The number of hydrogen-bond donors (Lipinski definition) is 3. The second kappa shape index (κ2) is 35.0. The van der Waals surface area contributed by atoms with Gasteiger partial charge < -0.3 is 48.3 Å². The molecule has 2 atom stereocenters. The number of alkyl halides is 3. The van der Waals surface area contributed by atoms with Crippen LogP contribution in [0, 0.1) is 0 Å². The van der Waals surface area contributed by atoms with Gasteiger partial charge in [-0.05, 0) is 167 Å². The highest BCUT2D eigenvalue weighted by atomic mass is 35.5. The van der Waals surface area contributed by atoms with Crippen molar-refractivity contribution in [2.75, 3.05) is 132 Å². The van der Waals surface area contributed by atoms with E-state index in [1.807, 2.05) is 94.8 Å². The number of pyridine rings is 1. The SMILES string of the molecule is CC(C(=O)N1CCN(c2ccc(S(=O)(=O)Nc3ccncn3)cc2)CC1)n1ccc2cc(Cl)ccc21.CCOc1cccc2c1N([C@H](C)C(=O)N1CCN(c3ccc(S(=O)(=O)Nc4nccs4)cc3)CC1)CCC2.O=C(COc1ccnc2c(C(F)(F)F)cccc12)N1CCN(c2ccc(S(=O)(=O)Nc3ncns3)cc2)CC1.[HH].[HH].[HH].[HH]. The number of aromatic nitrogens is 7. The summed E-state index contributed by atoms with van der Waals surface area (Å²) in [6.45, 7) is 13.9. The quantitative estimate of drug-likeness (QED) is 0.0602. The van der Waals surface area contributed by atoms with E-state index in [1.165, 1.54) is 78.3 Å². The molecule has 113 heavy (non-hydrogen) atoms. The van der Waals surface area contributed by atoms with Gasteiger partial charge in [0.05, 0.1) is 38.1 Å². The Hall–Kier alpha value is -10.9. The minimum absolute atomic E-state index is 0. The summed E-state index contributed by atoms with van der Waals surface area (Å²) in [4.78, 5) is 73.3. The fraction of sp³-hybridized carbons (Fsp3) is 0.303. The highest BCUT2D eigenvalue weighted by Gasteiger charge is 2.36. The molecule has 4 aliphatic heterocycles. The van der Waals surface area contributed by atoms with Gasteiger partial charge in [-0.15, -0.1) is 11.3 Å². The van der Waals surface area contributed by atoms with Crippen molar-refractivity contribution in [2.24, 2.45) is 0 Å². The highest BCUT2D eigenvalue weighted by molar-refractivity contribution is 7.93. The molecule has 37 heteroatoms. The summed E-state index contributed by atoms with van der Waals surface area (Å²) in [5.41, 5.74) is 4.80. The molecule has 6 aromatic carbocycles. The number of piperazine rings is 3. The lowest BCUT2D eigenvalue weighted by atomic mass is 9.99. The zero-order valence-electron chi connectivity index (χ0n) is 61.4. The minimum atomic E-state index is -4.56. The van der Waals surface area contributed by atoms with Crippen LogP contribution in [0.3, 0.4) is 0 Å². The van der Waals surface area contributed by atoms with Gasteiger partial charge in [0.15, 0.2) is 11.7 Å². The first-order valence-corrected chi connectivity index (χ1v) is 42.5. The zero-order chi connectivity index (χ0) is 79.6. The van der Waals surface area contributed by atoms with Crippen molar-refractivity contribution in [2.45, 2.75) is 66.6 Å². The summed E-state index contributed by atoms with van der Waals surface area (Å²) >= 11 is 8.26. The summed E-state index contributed by atoms with van der Waals surface area (Å²) < 4.78 is 140. The number of fused-ring (bicyclic) bond motifs is 3. The summed E-state index contributed by atoms with van der Waals surface area (Å²) in [5, 5.41) is 4.08. The molecule has 28 nitrogen and oxygen atoms in total. The zero-order valence-corrected chi connectivity index (χ0v) is 66.2. The second-order valence-electron chi connectivity index (χ2n) is 26.5. The van der Waals surface area contributed by atoms with Gasteiger partial charge in [-0.3, -0.25) is 33.5 Å². The van der Waals surface area contributed by atoms with Crippen LogP contribution in [0.15, 0.2) is 203 Å². The molecule has 11 aromatic rings. The highest BCUT2D eigenvalue weighted by Crippen LogP contribution is 2.40. The van der Waals surface area contributed by atoms with Crippen molar-refractivity contribution in [1.82, 2.24) is 48.6 Å². The molecule has 9 heterocycles. The fourth-order valence-corrected chi connectivity index (χ4v) is 18.4. The molecule has 3 fully saturated rings. The Labute approximate surface area is 670 Å². The molecule has 3 saturated heterocycles. The first-order valence-electron chi connectivity index (χ1n) is 36.1. The molecule has 0 radical (unpaired) electrons. The van der Waals surface area contributed by atoms with Gasteiger partial charge in [0.2, 0.25) is 16.9 Å². The lowest BCUT2D eigenvalue weighted by Crippen LogP contribution is -2.55. The summed E-state index contributed by atoms with van der Waals surface area (Å²) in [6.07, 6.45) is 6.15. The monoisotopic (exact) mass is 1670 g/mol. The van der Waals surface area contributed by atoms with Gasteiger partial charge in [0.25, 0.3) is 36.0 Å². The molecule has 0 aliphatic carbocycles. The Morgan fingerprint density at radius 1 is 0.575 bits per heavy atom. The average molecular weight is 1670 g/mol. The lowest BCUT2D eigenvalue weighted by Gasteiger charge is -2.41. The number of rotatable bonds is 21. The largest absolute Gasteiger partial charge is 0.492 e. The summed E-state index contributed by atoms with van der Waals surface area (Å²) in [7, 11) is -11.2. The van der Waals surface area contributed by atoms with Crippen molar-refractivity contribution in [1.29, 1.82) is 0 Å². The van der Waals surface area contributed by atoms with Crippen LogP contribution < -0.4 is 43.2 Å². The number of anilines is 7. The maximum Gasteiger partial charge on any atom is 0.418 e. The third kappa shape index (κ3) is 19.1. The average Bonchev–Trinajstić information content (AvgIpc) is 1.77. The van der Waals surface area contributed by atoms with Crippen molar-refractivity contribution in [3.05, 3.63) is 205 Å². The number of carbonyl (C=O) groups excluding carboxylic acids is 3. The number of aryl methyl sites for hydroxylation is 1. The van der Waals surface area contributed by atoms with Crippen molar-refractivity contribution >= 4 is 143 Å². The third-order valence-electron chi connectivity index (χ3n) is 19.6. The summed E-state index contributed by atoms with van der Waals surface area (Å²) in [5.74, 6) is 1.10. The number of amides is 3. The molecule has 1 unspecified atom stereocenters. The number of ether oxygens (including phenoxy) is 2. The minimum Gasteiger partial charge on any atom is -0.492 e. The maximum atomic E-state index is 13.6. The van der Waals surface area contributed by atoms with Crippen LogP contribution in [-0.2, 0) is 57.1 Å². The fourth-order valence-electron chi connectivity index (χ4n) is 13.8. The molecule has 0 bridgehead atoms. The van der Waals surface area contributed by atoms with E-state index in [9.17, 15) is 52.8 Å². The predicted octanol–water partition coefficient (Wildman–Crippen LogP) is 12.2. The Morgan fingerprint density at radius 3 is 1.70 bits per heavy atom. The van der Waals surface area contributed by atoms with E-state index in [2.05, 4.69) is 64.2 Å². The molecule has 3 N–H and O–H groups in total. The van der Waals surface area contributed by atoms with Gasteiger partial charge in [-0.2, -0.15) is 17.5 Å². The van der Waals surface area contributed by atoms with Gasteiger partial charge in [0.1, 0.15) is 42.1 Å². The van der Waals surface area contributed by atoms with Crippen LogP contribution in [-0.4, -0.2) is 196 Å². The van der Waals surface area contributed by atoms with Gasteiger partial charge in [0, 0.05) is 171 Å². The Morgan fingerprint density at radius 2 is 1.15 bits per heavy atom. The third-order valence-corrected chi connectivity index (χ3v) is 25.4. The second-order valence-corrected chi connectivity index (χ2v) is 33.7. The van der Waals surface area contributed by atoms with E-state index in [0.29, 0.717) is 95.3 Å². The smallest absolute Gasteiger partial charge is 0.418 e. The first kappa shape index (κ1) is 80.1. The van der Waals surface area contributed by atoms with Crippen LogP contribution in [0.5, 0.6) is 11.5 Å². The van der Waals surface area contributed by atoms with Gasteiger partial charge >= 0.3 is 6.18 Å². The Bertz CT molecular complexity index is 5520.